The number of ether oxygens (including phenoxy) is 2. The number of carbonyl (C=O) groups is 2. The van der Waals surface area contributed by atoms with E-state index in [-0.39, 0.29) is 12.8 Å². The van der Waals surface area contributed by atoms with Crippen LogP contribution >= 0.6 is 7.82 Å². The highest BCUT2D eigenvalue weighted by molar-refractivity contribution is 7.47. The third-order valence-electron chi connectivity index (χ3n) is 10.8. The number of phosphoric acid groups is 1. The monoisotopic (exact) mass is 913 g/mol. The van der Waals surface area contributed by atoms with Crippen LogP contribution in [0.1, 0.15) is 181 Å². The van der Waals surface area contributed by atoms with Crippen LogP contribution in [0.15, 0.2) is 60.8 Å². The number of rotatable bonds is 39. The number of hydrogen-bond acceptors (Lipinski definition) is 12. The van der Waals surface area contributed by atoms with Gasteiger partial charge >= 0.3 is 19.8 Å². The summed E-state index contributed by atoms with van der Waals surface area (Å²) in [6.07, 6.45) is 34.1. The van der Waals surface area contributed by atoms with Gasteiger partial charge in [-0.2, -0.15) is 0 Å². The van der Waals surface area contributed by atoms with Crippen LogP contribution in [-0.2, 0) is 32.7 Å². The summed E-state index contributed by atoms with van der Waals surface area (Å²) in [7, 11) is -5.13. The van der Waals surface area contributed by atoms with Crippen LogP contribution in [0.5, 0.6) is 0 Å². The van der Waals surface area contributed by atoms with Crippen molar-refractivity contribution in [3.8, 4) is 0 Å². The lowest BCUT2D eigenvalue weighted by Gasteiger charge is -2.41. The molecular weight excluding hydrogens is 828 g/mol. The molecule has 0 radical (unpaired) electrons. The number of allylic oxidation sites excluding steroid dienone is 10. The van der Waals surface area contributed by atoms with Gasteiger partial charge in [0.05, 0.1) is 6.61 Å². The molecule has 1 saturated carbocycles. The van der Waals surface area contributed by atoms with Crippen molar-refractivity contribution in [1.29, 1.82) is 0 Å². The molecule has 0 heterocycles. The van der Waals surface area contributed by atoms with Gasteiger partial charge in [-0.15, -0.1) is 0 Å². The number of carbonyl (C=O) groups excluding carboxylic acids is 2. The molecule has 1 aliphatic rings. The van der Waals surface area contributed by atoms with E-state index in [0.29, 0.717) is 12.8 Å². The van der Waals surface area contributed by atoms with Crippen molar-refractivity contribution >= 4 is 19.8 Å². The van der Waals surface area contributed by atoms with Gasteiger partial charge in [0.25, 0.3) is 0 Å². The summed E-state index contributed by atoms with van der Waals surface area (Å²) >= 11 is 0. The molecule has 14 heteroatoms. The van der Waals surface area contributed by atoms with E-state index in [0.717, 1.165) is 70.6 Å². The fourth-order valence-electron chi connectivity index (χ4n) is 6.91. The third kappa shape index (κ3) is 31.2. The van der Waals surface area contributed by atoms with Gasteiger partial charge in [-0.05, 0) is 83.5 Å². The van der Waals surface area contributed by atoms with Crippen molar-refractivity contribution in [2.24, 2.45) is 0 Å². The van der Waals surface area contributed by atoms with E-state index in [4.69, 9.17) is 18.5 Å². The van der Waals surface area contributed by atoms with Crippen molar-refractivity contribution in [3.05, 3.63) is 60.8 Å². The maximum atomic E-state index is 12.8. The number of aliphatic hydroxyl groups excluding tert-OH is 5. The lowest BCUT2D eigenvalue weighted by molar-refractivity contribution is -0.220. The van der Waals surface area contributed by atoms with Gasteiger partial charge in [0.1, 0.15) is 43.2 Å². The maximum Gasteiger partial charge on any atom is 0.472 e. The minimum absolute atomic E-state index is 0.0541. The van der Waals surface area contributed by atoms with Crippen molar-refractivity contribution in [3.63, 3.8) is 0 Å². The van der Waals surface area contributed by atoms with Gasteiger partial charge < -0.3 is 39.9 Å². The number of unbranched alkanes of at least 4 members (excludes halogenated alkanes) is 17. The first-order chi connectivity index (χ1) is 30.4. The molecule has 6 unspecified atom stereocenters. The molecule has 8 atom stereocenters. The van der Waals surface area contributed by atoms with Gasteiger partial charge in [0, 0.05) is 12.8 Å². The maximum absolute atomic E-state index is 12.8. The van der Waals surface area contributed by atoms with Crippen LogP contribution in [0.2, 0.25) is 0 Å². The molecule has 0 saturated heterocycles. The van der Waals surface area contributed by atoms with Gasteiger partial charge in [0.15, 0.2) is 6.10 Å². The standard InChI is InChI=1S/C49H85O13P/c1-3-5-7-9-11-13-15-17-19-20-21-22-24-26-28-30-32-34-36-38-43(51)61-41(40-60-63(57,58)62-49-47(55)45(53)44(52)46(54)48(49)56)39-59-42(50)37-35-33-31-29-27-25-23-18-16-14-12-10-8-6-4-2/h11,13,17,19,21-22,25-28,41,44-49,52-56H,3-10,12,14-16,18,20,23-24,29-40H2,1-2H3,(H,57,58)/b13-11+,19-17+,22-21+,27-25+,28-26+/t41-,44?,45-,46?,47?,48?,49?/m1/s1. The molecular formula is C49H85O13P. The van der Waals surface area contributed by atoms with Crippen molar-refractivity contribution < 1.29 is 63.1 Å². The zero-order chi connectivity index (χ0) is 46.4. The fourth-order valence-corrected chi connectivity index (χ4v) is 7.88. The van der Waals surface area contributed by atoms with Crippen LogP contribution in [0, 0.1) is 0 Å². The average Bonchev–Trinajstić information content (AvgIpc) is 3.26. The topological polar surface area (TPSA) is 210 Å². The Labute approximate surface area is 379 Å². The highest BCUT2D eigenvalue weighted by Crippen LogP contribution is 2.47. The SMILES string of the molecule is CCCCC/C=C/C/C=C/C/C=C/C/C=C/CCCCCC(=O)O[C@H](COC(=O)CCCCC/C=C/CCCCCCCCCC)COP(=O)(O)OC1C(O)C(O)C(O)[C@@H](O)C1O. The second-order valence-electron chi connectivity index (χ2n) is 16.6. The second-order valence-corrected chi connectivity index (χ2v) is 18.0. The van der Waals surface area contributed by atoms with Crippen LogP contribution in [-0.4, -0.2) is 98.3 Å². The summed E-state index contributed by atoms with van der Waals surface area (Å²) in [6.45, 7) is 3.23. The lowest BCUT2D eigenvalue weighted by Crippen LogP contribution is -2.64. The van der Waals surface area contributed by atoms with E-state index < -0.39 is 75.7 Å². The van der Waals surface area contributed by atoms with Crippen LogP contribution in [0.3, 0.4) is 0 Å². The first-order valence-corrected chi connectivity index (χ1v) is 25.6. The van der Waals surface area contributed by atoms with E-state index >= 15 is 0 Å². The summed E-state index contributed by atoms with van der Waals surface area (Å²) in [5.74, 6) is -1.16. The largest absolute Gasteiger partial charge is 0.472 e. The first kappa shape index (κ1) is 58.6. The molecule has 13 nitrogen and oxygen atoms in total. The summed E-state index contributed by atoms with van der Waals surface area (Å²) < 4.78 is 33.5. The molecule has 1 aliphatic carbocycles. The minimum Gasteiger partial charge on any atom is -0.462 e. The van der Waals surface area contributed by atoms with Crippen LogP contribution in [0.4, 0.5) is 0 Å². The summed E-state index contributed by atoms with van der Waals surface area (Å²) in [6, 6.07) is 0. The van der Waals surface area contributed by atoms with Crippen LogP contribution < -0.4 is 0 Å². The predicted molar refractivity (Wildman–Crippen MR) is 249 cm³/mol. The number of hydrogen-bond donors (Lipinski definition) is 6. The van der Waals surface area contributed by atoms with Crippen molar-refractivity contribution in [2.75, 3.05) is 13.2 Å². The molecule has 0 bridgehead atoms. The Balaban J connectivity index is 2.49. The number of esters is 2. The highest BCUT2D eigenvalue weighted by Gasteiger charge is 2.51. The van der Waals surface area contributed by atoms with Gasteiger partial charge in [0.2, 0.25) is 0 Å². The van der Waals surface area contributed by atoms with E-state index in [1.165, 1.54) is 70.6 Å². The Morgan fingerprint density at radius 3 is 1.35 bits per heavy atom. The Morgan fingerprint density at radius 1 is 0.492 bits per heavy atom. The molecule has 1 fully saturated rings. The minimum atomic E-state index is -5.13. The number of phosphoric ester groups is 1. The Hall–Kier alpha value is -2.45. The van der Waals surface area contributed by atoms with Gasteiger partial charge in [-0.3, -0.25) is 18.6 Å². The Bertz CT molecular complexity index is 1330. The molecule has 364 valence electrons. The van der Waals surface area contributed by atoms with Gasteiger partial charge in [-0.1, -0.05) is 145 Å². The normalized spacial score (nSPS) is 22.2. The molecule has 0 aromatic heterocycles. The highest BCUT2D eigenvalue weighted by atomic mass is 31.2. The quantitative estimate of drug-likeness (QED) is 0.0147. The Kier molecular flexibility index (Phi) is 36.1. The molecule has 0 aromatic carbocycles. The molecule has 0 spiro atoms. The molecule has 6 N–H and O–H groups in total. The Morgan fingerprint density at radius 2 is 0.857 bits per heavy atom. The fraction of sp³-hybridized carbons (Fsp3) is 0.755. The van der Waals surface area contributed by atoms with Crippen LogP contribution in [0.25, 0.3) is 0 Å². The lowest BCUT2D eigenvalue weighted by atomic mass is 9.85. The third-order valence-corrected chi connectivity index (χ3v) is 11.8. The molecule has 0 aromatic rings. The van der Waals surface area contributed by atoms with Gasteiger partial charge in [-0.25, -0.2) is 4.57 Å². The first-order valence-electron chi connectivity index (χ1n) is 24.1. The molecule has 0 amide bonds. The van der Waals surface area contributed by atoms with E-state index in [2.05, 4.69) is 74.6 Å². The zero-order valence-electron chi connectivity index (χ0n) is 38.6. The predicted octanol–water partition coefficient (Wildman–Crippen LogP) is 9.73. The van der Waals surface area contributed by atoms with Crippen molar-refractivity contribution in [1.82, 2.24) is 0 Å². The zero-order valence-corrected chi connectivity index (χ0v) is 39.5. The molecule has 0 aliphatic heterocycles. The van der Waals surface area contributed by atoms with Crippen molar-refractivity contribution in [2.45, 2.75) is 224 Å². The number of aliphatic hydroxyl groups is 5. The van der Waals surface area contributed by atoms with E-state index in [1.54, 1.807) is 0 Å². The molecule has 1 rings (SSSR count). The second kappa shape index (κ2) is 38.8. The summed E-state index contributed by atoms with van der Waals surface area (Å²) in [5, 5.41) is 50.2. The molecule has 63 heavy (non-hydrogen) atoms. The van der Waals surface area contributed by atoms with E-state index in [1.807, 2.05) is 0 Å². The summed E-state index contributed by atoms with van der Waals surface area (Å²) in [4.78, 5) is 35.7. The summed E-state index contributed by atoms with van der Waals surface area (Å²) in [5.41, 5.74) is 0. The average molecular weight is 913 g/mol. The van der Waals surface area contributed by atoms with E-state index in [9.17, 15) is 44.6 Å². The smallest absolute Gasteiger partial charge is 0.462 e.